The van der Waals surface area contributed by atoms with Crippen molar-refractivity contribution in [1.29, 1.82) is 0 Å². The highest BCUT2D eigenvalue weighted by atomic mass is 15.2. The minimum Gasteiger partial charge on any atom is -0.329 e. The van der Waals surface area contributed by atoms with Crippen molar-refractivity contribution in [2.75, 3.05) is 19.6 Å². The van der Waals surface area contributed by atoms with Crippen molar-refractivity contribution in [2.45, 2.75) is 51.5 Å². The second-order valence-corrected chi connectivity index (χ2v) is 7.47. The molecule has 1 saturated heterocycles. The topological polar surface area (TPSA) is 29.3 Å². The lowest BCUT2D eigenvalue weighted by molar-refractivity contribution is 0.104. The number of likely N-dealkylation sites (tertiary alicyclic amines) is 1. The van der Waals surface area contributed by atoms with E-state index in [1.807, 2.05) is 0 Å². The molecule has 0 saturated carbocycles. The SMILES string of the molecule is CC(C)C1CCCN(C2(CN)Cc3ccccc3C2)CC1. The Morgan fingerprint density at radius 3 is 2.38 bits per heavy atom. The molecule has 1 aromatic rings. The lowest BCUT2D eigenvalue weighted by atomic mass is 9.89. The number of benzene rings is 1. The monoisotopic (exact) mass is 286 g/mol. The van der Waals surface area contributed by atoms with E-state index in [0.29, 0.717) is 0 Å². The first-order chi connectivity index (χ1) is 10.1. The quantitative estimate of drug-likeness (QED) is 0.924. The smallest absolute Gasteiger partial charge is 0.0412 e. The maximum Gasteiger partial charge on any atom is 0.0412 e. The third kappa shape index (κ3) is 2.89. The molecular weight excluding hydrogens is 256 g/mol. The minimum atomic E-state index is 0.190. The predicted octanol–water partition coefficient (Wildman–Crippen LogP) is 3.24. The summed E-state index contributed by atoms with van der Waals surface area (Å²) in [6.07, 6.45) is 6.36. The molecule has 0 aromatic heterocycles. The molecule has 1 atom stereocenters. The van der Waals surface area contributed by atoms with Gasteiger partial charge in [0.25, 0.3) is 0 Å². The fraction of sp³-hybridized carbons (Fsp3) is 0.684. The highest BCUT2D eigenvalue weighted by Crippen LogP contribution is 2.36. The van der Waals surface area contributed by atoms with E-state index in [2.05, 4.69) is 43.0 Å². The van der Waals surface area contributed by atoms with Gasteiger partial charge in [-0.2, -0.15) is 0 Å². The lowest BCUT2D eigenvalue weighted by Gasteiger charge is -2.40. The molecule has 3 rings (SSSR count). The van der Waals surface area contributed by atoms with Crippen LogP contribution in [0.25, 0.3) is 0 Å². The van der Waals surface area contributed by atoms with Gasteiger partial charge >= 0.3 is 0 Å². The molecule has 0 radical (unpaired) electrons. The number of fused-ring (bicyclic) bond motifs is 1. The zero-order valence-electron chi connectivity index (χ0n) is 13.6. The van der Waals surface area contributed by atoms with Gasteiger partial charge in [0, 0.05) is 12.1 Å². The van der Waals surface area contributed by atoms with Crippen LogP contribution in [-0.4, -0.2) is 30.1 Å². The first-order valence-corrected chi connectivity index (χ1v) is 8.66. The maximum atomic E-state index is 6.28. The summed E-state index contributed by atoms with van der Waals surface area (Å²) < 4.78 is 0. The summed E-state index contributed by atoms with van der Waals surface area (Å²) in [6.45, 7) is 8.01. The Kier molecular flexibility index (Phi) is 4.37. The molecule has 21 heavy (non-hydrogen) atoms. The number of hydrogen-bond donors (Lipinski definition) is 1. The number of nitrogens with zero attached hydrogens (tertiary/aromatic N) is 1. The molecule has 2 nitrogen and oxygen atoms in total. The Hall–Kier alpha value is -0.860. The van der Waals surface area contributed by atoms with Crippen LogP contribution in [0, 0.1) is 11.8 Å². The number of nitrogens with two attached hydrogens (primary N) is 1. The largest absolute Gasteiger partial charge is 0.329 e. The lowest BCUT2D eigenvalue weighted by Crippen LogP contribution is -2.55. The van der Waals surface area contributed by atoms with E-state index in [1.165, 1.54) is 43.5 Å². The highest BCUT2D eigenvalue weighted by Gasteiger charge is 2.41. The van der Waals surface area contributed by atoms with Crippen molar-refractivity contribution < 1.29 is 0 Å². The second kappa shape index (κ2) is 6.10. The van der Waals surface area contributed by atoms with Crippen molar-refractivity contribution in [2.24, 2.45) is 17.6 Å². The van der Waals surface area contributed by atoms with Crippen molar-refractivity contribution in [3.05, 3.63) is 35.4 Å². The Labute approximate surface area is 129 Å². The summed E-state index contributed by atoms with van der Waals surface area (Å²) in [5, 5.41) is 0. The molecule has 0 spiro atoms. The molecule has 1 aliphatic carbocycles. The molecule has 1 fully saturated rings. The van der Waals surface area contributed by atoms with Gasteiger partial charge in [-0.25, -0.2) is 0 Å². The van der Waals surface area contributed by atoms with Gasteiger partial charge in [0.15, 0.2) is 0 Å². The van der Waals surface area contributed by atoms with Crippen LogP contribution in [0.4, 0.5) is 0 Å². The van der Waals surface area contributed by atoms with Crippen LogP contribution in [0.5, 0.6) is 0 Å². The van der Waals surface area contributed by atoms with Gasteiger partial charge in [-0.3, -0.25) is 4.90 Å². The Bertz CT molecular complexity index is 455. The molecule has 1 aliphatic heterocycles. The van der Waals surface area contributed by atoms with Crippen molar-refractivity contribution in [3.63, 3.8) is 0 Å². The predicted molar refractivity (Wildman–Crippen MR) is 89.4 cm³/mol. The summed E-state index contributed by atoms with van der Waals surface area (Å²) in [5.74, 6) is 1.72. The van der Waals surface area contributed by atoms with E-state index in [0.717, 1.165) is 31.2 Å². The molecule has 1 heterocycles. The van der Waals surface area contributed by atoms with Crippen molar-refractivity contribution in [3.8, 4) is 0 Å². The van der Waals surface area contributed by atoms with Crippen LogP contribution >= 0.6 is 0 Å². The molecule has 0 amide bonds. The number of rotatable bonds is 3. The molecule has 1 unspecified atom stereocenters. The van der Waals surface area contributed by atoms with Crippen molar-refractivity contribution in [1.82, 2.24) is 4.90 Å². The maximum absolute atomic E-state index is 6.28. The van der Waals surface area contributed by atoms with Gasteiger partial charge in [-0.05, 0) is 68.2 Å². The van der Waals surface area contributed by atoms with Crippen LogP contribution < -0.4 is 5.73 Å². The Morgan fingerprint density at radius 2 is 1.81 bits per heavy atom. The van der Waals surface area contributed by atoms with Crippen LogP contribution in [-0.2, 0) is 12.8 Å². The molecule has 2 N–H and O–H groups in total. The van der Waals surface area contributed by atoms with Gasteiger partial charge in [0.2, 0.25) is 0 Å². The molecule has 2 aliphatic rings. The van der Waals surface area contributed by atoms with Gasteiger partial charge in [0.05, 0.1) is 0 Å². The summed E-state index contributed by atoms with van der Waals surface area (Å²) in [6, 6.07) is 8.92. The van der Waals surface area contributed by atoms with E-state index in [-0.39, 0.29) is 5.54 Å². The van der Waals surface area contributed by atoms with Crippen molar-refractivity contribution >= 4 is 0 Å². The van der Waals surface area contributed by atoms with E-state index >= 15 is 0 Å². The fourth-order valence-corrected chi connectivity index (χ4v) is 4.43. The zero-order chi connectivity index (χ0) is 14.9. The van der Waals surface area contributed by atoms with Gasteiger partial charge in [-0.1, -0.05) is 38.1 Å². The van der Waals surface area contributed by atoms with E-state index in [9.17, 15) is 0 Å². The van der Waals surface area contributed by atoms with E-state index in [1.54, 1.807) is 0 Å². The zero-order valence-corrected chi connectivity index (χ0v) is 13.6. The molecular formula is C19H30N2. The average Bonchev–Trinajstić information content (AvgIpc) is 2.69. The third-order valence-corrected chi connectivity index (χ3v) is 5.92. The highest BCUT2D eigenvalue weighted by molar-refractivity contribution is 5.36. The summed E-state index contributed by atoms with van der Waals surface area (Å²) in [5.41, 5.74) is 9.51. The minimum absolute atomic E-state index is 0.190. The van der Waals surface area contributed by atoms with Gasteiger partial charge in [-0.15, -0.1) is 0 Å². The van der Waals surface area contributed by atoms with Crippen LogP contribution in [0.2, 0.25) is 0 Å². The summed E-state index contributed by atoms with van der Waals surface area (Å²) >= 11 is 0. The van der Waals surface area contributed by atoms with Gasteiger partial charge < -0.3 is 5.73 Å². The standard InChI is InChI=1S/C19H30N2/c1-15(2)16-8-5-10-21(11-9-16)19(14-20)12-17-6-3-4-7-18(17)13-19/h3-4,6-7,15-16H,5,8-14,20H2,1-2H3. The van der Waals surface area contributed by atoms with Crippen LogP contribution in [0.1, 0.15) is 44.2 Å². The molecule has 0 bridgehead atoms. The number of hydrogen-bond acceptors (Lipinski definition) is 2. The first-order valence-electron chi connectivity index (χ1n) is 8.66. The van der Waals surface area contributed by atoms with E-state index < -0.39 is 0 Å². The van der Waals surface area contributed by atoms with E-state index in [4.69, 9.17) is 5.73 Å². The Balaban J connectivity index is 1.76. The average molecular weight is 286 g/mol. The normalized spacial score (nSPS) is 25.8. The summed E-state index contributed by atoms with van der Waals surface area (Å²) in [4.78, 5) is 2.73. The third-order valence-electron chi connectivity index (χ3n) is 5.92. The van der Waals surface area contributed by atoms with Gasteiger partial charge in [0.1, 0.15) is 0 Å². The first kappa shape index (κ1) is 15.1. The fourth-order valence-electron chi connectivity index (χ4n) is 4.43. The molecule has 2 heteroatoms. The van der Waals surface area contributed by atoms with Crippen LogP contribution in [0.3, 0.4) is 0 Å². The van der Waals surface area contributed by atoms with Crippen LogP contribution in [0.15, 0.2) is 24.3 Å². The Morgan fingerprint density at radius 1 is 1.14 bits per heavy atom. The summed E-state index contributed by atoms with van der Waals surface area (Å²) in [7, 11) is 0. The second-order valence-electron chi connectivity index (χ2n) is 7.47. The molecule has 116 valence electrons. The molecule has 1 aromatic carbocycles.